The Hall–Kier alpha value is -2.50. The fourth-order valence-corrected chi connectivity index (χ4v) is 3.98. The molecule has 1 heterocycles. The van der Waals surface area contributed by atoms with Crippen molar-refractivity contribution in [2.45, 2.75) is 4.34 Å². The molecular formula is C17H13BrFN5O2S2. The number of hydrogen-bond acceptors (Lipinski definition) is 7. The number of hydrogen-bond donors (Lipinski definition) is 3. The molecule has 0 aliphatic carbocycles. The van der Waals surface area contributed by atoms with E-state index in [9.17, 15) is 14.0 Å². The van der Waals surface area contributed by atoms with Gasteiger partial charge in [-0.15, -0.1) is 10.2 Å². The van der Waals surface area contributed by atoms with Gasteiger partial charge in [-0.05, 0) is 30.3 Å². The van der Waals surface area contributed by atoms with Crippen molar-refractivity contribution in [1.82, 2.24) is 21.0 Å². The Labute approximate surface area is 176 Å². The molecule has 0 aliphatic heterocycles. The first-order chi connectivity index (χ1) is 13.5. The van der Waals surface area contributed by atoms with E-state index in [2.05, 4.69) is 42.3 Å². The lowest BCUT2D eigenvalue weighted by atomic mass is 10.2. The number of aromatic nitrogens is 2. The highest BCUT2D eigenvalue weighted by atomic mass is 79.9. The van der Waals surface area contributed by atoms with Crippen molar-refractivity contribution < 1.29 is 14.0 Å². The molecule has 28 heavy (non-hydrogen) atoms. The van der Waals surface area contributed by atoms with E-state index in [4.69, 9.17) is 0 Å². The number of rotatable bonds is 6. The normalized spacial score (nSPS) is 10.4. The van der Waals surface area contributed by atoms with Gasteiger partial charge in [-0.25, -0.2) is 4.39 Å². The van der Waals surface area contributed by atoms with Crippen molar-refractivity contribution in [3.05, 3.63) is 64.4 Å². The molecule has 7 nitrogen and oxygen atoms in total. The lowest BCUT2D eigenvalue weighted by Gasteiger charge is -2.07. The minimum Gasteiger partial charge on any atom is -0.330 e. The summed E-state index contributed by atoms with van der Waals surface area (Å²) in [6, 6.07) is 13.1. The summed E-state index contributed by atoms with van der Waals surface area (Å²) >= 11 is 5.86. The van der Waals surface area contributed by atoms with Crippen molar-refractivity contribution >= 4 is 61.7 Å². The molecule has 0 unspecified atom stereocenters. The fourth-order valence-electron chi connectivity index (χ4n) is 2.01. The second-order valence-electron chi connectivity index (χ2n) is 5.28. The van der Waals surface area contributed by atoms with Crippen LogP contribution in [0, 0.1) is 5.82 Å². The minimum atomic E-state index is -0.729. The quantitative estimate of drug-likeness (QED) is 0.366. The van der Waals surface area contributed by atoms with Crippen LogP contribution in [0.1, 0.15) is 10.4 Å². The molecule has 11 heteroatoms. The molecule has 0 saturated carbocycles. The summed E-state index contributed by atoms with van der Waals surface area (Å²) in [5.41, 5.74) is 5.13. The van der Waals surface area contributed by atoms with Gasteiger partial charge in [-0.3, -0.25) is 20.4 Å². The molecule has 1 aromatic heterocycles. The van der Waals surface area contributed by atoms with Gasteiger partial charge in [0.15, 0.2) is 4.34 Å². The Morgan fingerprint density at radius 1 is 1.11 bits per heavy atom. The van der Waals surface area contributed by atoms with E-state index in [1.165, 1.54) is 47.4 Å². The summed E-state index contributed by atoms with van der Waals surface area (Å²) < 4.78 is 15.0. The highest BCUT2D eigenvalue weighted by molar-refractivity contribution is 9.10. The molecule has 144 valence electrons. The van der Waals surface area contributed by atoms with Crippen molar-refractivity contribution in [1.29, 1.82) is 0 Å². The standard InChI is InChI=1S/C17H13BrFN5O2S2/c18-10-4-3-5-11(8-10)20-16-23-24-17(28-16)27-9-14(25)21-22-15(26)12-6-1-2-7-13(12)19/h1-8H,9H2,(H,20,23)(H,21,25)(H,22,26). The monoisotopic (exact) mass is 481 g/mol. The number of carbonyl (C=O) groups is 2. The fraction of sp³-hybridized carbons (Fsp3) is 0.0588. The first-order valence-electron chi connectivity index (χ1n) is 7.84. The molecule has 3 N–H and O–H groups in total. The predicted octanol–water partition coefficient (Wildman–Crippen LogP) is 3.74. The maximum Gasteiger partial charge on any atom is 0.272 e. The third kappa shape index (κ3) is 5.75. The predicted molar refractivity (Wildman–Crippen MR) is 110 cm³/mol. The number of anilines is 2. The lowest BCUT2D eigenvalue weighted by Crippen LogP contribution is -2.42. The molecule has 3 rings (SSSR count). The summed E-state index contributed by atoms with van der Waals surface area (Å²) in [7, 11) is 0. The number of nitrogens with one attached hydrogen (secondary N) is 3. The molecule has 2 amide bonds. The van der Waals surface area contributed by atoms with E-state index >= 15 is 0 Å². The number of benzene rings is 2. The molecule has 0 aliphatic rings. The number of nitrogens with zero attached hydrogens (tertiary/aromatic N) is 2. The summed E-state index contributed by atoms with van der Waals surface area (Å²) in [6.45, 7) is 0. The van der Waals surface area contributed by atoms with Gasteiger partial charge in [0, 0.05) is 10.2 Å². The molecule has 0 bridgehead atoms. The summed E-state index contributed by atoms with van der Waals surface area (Å²) in [4.78, 5) is 23.7. The molecule has 3 aromatic rings. The van der Waals surface area contributed by atoms with E-state index in [-0.39, 0.29) is 11.3 Å². The maximum atomic E-state index is 13.5. The van der Waals surface area contributed by atoms with E-state index in [1.807, 2.05) is 24.3 Å². The van der Waals surface area contributed by atoms with Crippen LogP contribution in [-0.4, -0.2) is 27.8 Å². The topological polar surface area (TPSA) is 96.0 Å². The van der Waals surface area contributed by atoms with Crippen LogP contribution in [0.4, 0.5) is 15.2 Å². The van der Waals surface area contributed by atoms with Gasteiger partial charge >= 0.3 is 0 Å². The smallest absolute Gasteiger partial charge is 0.272 e. The largest absolute Gasteiger partial charge is 0.330 e. The van der Waals surface area contributed by atoms with Crippen LogP contribution in [0.15, 0.2) is 57.3 Å². The number of halogens is 2. The van der Waals surface area contributed by atoms with Gasteiger partial charge < -0.3 is 5.32 Å². The summed E-state index contributed by atoms with van der Waals surface area (Å²) in [6.07, 6.45) is 0. The van der Waals surface area contributed by atoms with Gasteiger partial charge in [-0.1, -0.05) is 57.2 Å². The highest BCUT2D eigenvalue weighted by Crippen LogP contribution is 2.28. The van der Waals surface area contributed by atoms with Crippen molar-refractivity contribution in [2.24, 2.45) is 0 Å². The zero-order valence-electron chi connectivity index (χ0n) is 14.1. The van der Waals surface area contributed by atoms with Gasteiger partial charge in [0.25, 0.3) is 5.91 Å². The third-order valence-corrected chi connectivity index (χ3v) is 5.71. The molecule has 0 saturated heterocycles. The second kappa shape index (κ2) is 9.62. The van der Waals surface area contributed by atoms with Crippen LogP contribution >= 0.6 is 39.0 Å². The number of carbonyl (C=O) groups excluding carboxylic acids is 2. The van der Waals surface area contributed by atoms with Crippen LogP contribution < -0.4 is 16.2 Å². The van der Waals surface area contributed by atoms with Gasteiger partial charge in [0.1, 0.15) is 5.82 Å². The van der Waals surface area contributed by atoms with Crippen molar-refractivity contribution in [3.8, 4) is 0 Å². The van der Waals surface area contributed by atoms with E-state index < -0.39 is 17.6 Å². The summed E-state index contributed by atoms with van der Waals surface area (Å²) in [5.74, 6) is -1.83. The Kier molecular flexibility index (Phi) is 6.95. The Balaban J connectivity index is 1.45. The zero-order valence-corrected chi connectivity index (χ0v) is 17.3. The van der Waals surface area contributed by atoms with Crippen LogP contribution in [0.5, 0.6) is 0 Å². The van der Waals surface area contributed by atoms with Crippen LogP contribution in [0.2, 0.25) is 0 Å². The van der Waals surface area contributed by atoms with Gasteiger partial charge in [0.05, 0.1) is 11.3 Å². The van der Waals surface area contributed by atoms with E-state index in [1.54, 1.807) is 0 Å². The van der Waals surface area contributed by atoms with Gasteiger partial charge in [0.2, 0.25) is 11.0 Å². The SMILES string of the molecule is O=C(CSc1nnc(Nc2cccc(Br)c2)s1)NNC(=O)c1ccccc1F. The van der Waals surface area contributed by atoms with Crippen molar-refractivity contribution in [3.63, 3.8) is 0 Å². The number of thioether (sulfide) groups is 1. The highest BCUT2D eigenvalue weighted by Gasteiger charge is 2.13. The third-order valence-electron chi connectivity index (χ3n) is 3.24. The molecular weight excluding hydrogens is 469 g/mol. The van der Waals surface area contributed by atoms with Crippen LogP contribution in [0.3, 0.4) is 0 Å². The first kappa shape index (κ1) is 20.2. The molecule has 0 fully saturated rings. The maximum absolute atomic E-state index is 13.5. The molecule has 0 radical (unpaired) electrons. The Bertz CT molecular complexity index is 1000. The Morgan fingerprint density at radius 3 is 2.71 bits per heavy atom. The second-order valence-corrected chi connectivity index (χ2v) is 8.39. The van der Waals surface area contributed by atoms with E-state index in [0.717, 1.165) is 10.2 Å². The van der Waals surface area contributed by atoms with Crippen LogP contribution in [0.25, 0.3) is 0 Å². The number of hydrazine groups is 1. The van der Waals surface area contributed by atoms with Crippen LogP contribution in [-0.2, 0) is 4.79 Å². The number of amides is 2. The summed E-state index contributed by atoms with van der Waals surface area (Å²) in [5, 5.41) is 11.7. The average molecular weight is 482 g/mol. The zero-order chi connectivity index (χ0) is 19.9. The first-order valence-corrected chi connectivity index (χ1v) is 10.4. The average Bonchev–Trinajstić information content (AvgIpc) is 3.12. The molecule has 2 aromatic carbocycles. The lowest BCUT2D eigenvalue weighted by molar-refractivity contribution is -0.119. The van der Waals surface area contributed by atoms with E-state index in [0.29, 0.717) is 9.47 Å². The van der Waals surface area contributed by atoms with Gasteiger partial charge in [-0.2, -0.15) is 0 Å². The molecule has 0 spiro atoms. The molecule has 0 atom stereocenters. The Morgan fingerprint density at radius 2 is 1.93 bits per heavy atom. The minimum absolute atomic E-state index is 0.0169. The van der Waals surface area contributed by atoms with Crippen molar-refractivity contribution in [2.75, 3.05) is 11.1 Å².